The smallest absolute Gasteiger partial charge is 0.396 e. The van der Waals surface area contributed by atoms with E-state index < -0.39 is 11.7 Å². The molecule has 0 spiro atoms. The molecule has 0 aliphatic heterocycles. The minimum absolute atomic E-state index is 0.0316. The minimum Gasteiger partial charge on any atom is -0.396 e. The number of nitrogens with zero attached hydrogens (tertiary/aromatic N) is 1. The van der Waals surface area contributed by atoms with Crippen molar-refractivity contribution in [2.24, 2.45) is 5.41 Å². The molecule has 1 aromatic rings. The van der Waals surface area contributed by atoms with Crippen molar-refractivity contribution >= 4 is 5.69 Å². The number of alkyl halides is 3. The van der Waals surface area contributed by atoms with Crippen LogP contribution in [0.2, 0.25) is 0 Å². The molecule has 3 nitrogen and oxygen atoms in total. The predicted octanol–water partition coefficient (Wildman–Crippen LogP) is 3.54. The van der Waals surface area contributed by atoms with Gasteiger partial charge in [0.2, 0.25) is 0 Å². The Labute approximate surface area is 121 Å². The van der Waals surface area contributed by atoms with E-state index in [2.05, 4.69) is 5.32 Å². The molecule has 1 saturated carbocycles. The van der Waals surface area contributed by atoms with Crippen LogP contribution in [0.15, 0.2) is 18.2 Å². The molecule has 0 atom stereocenters. The fraction of sp³-hybridized carbons (Fsp3) is 0.533. The predicted molar refractivity (Wildman–Crippen MR) is 72.6 cm³/mol. The van der Waals surface area contributed by atoms with Gasteiger partial charge in [-0.2, -0.15) is 18.4 Å². The van der Waals surface area contributed by atoms with Crippen LogP contribution >= 0.6 is 0 Å². The van der Waals surface area contributed by atoms with Gasteiger partial charge >= 0.3 is 6.18 Å². The van der Waals surface area contributed by atoms with Crippen LogP contribution in [0, 0.1) is 16.7 Å². The van der Waals surface area contributed by atoms with E-state index in [9.17, 15) is 18.3 Å². The summed E-state index contributed by atoms with van der Waals surface area (Å²) in [6.45, 7) is 0.506. The molecule has 1 aliphatic carbocycles. The maximum absolute atomic E-state index is 12.6. The number of aliphatic hydroxyl groups excluding tert-OH is 1. The third kappa shape index (κ3) is 3.48. The van der Waals surface area contributed by atoms with Crippen LogP contribution in [-0.4, -0.2) is 18.3 Å². The Bertz CT molecular complexity index is 543. The van der Waals surface area contributed by atoms with Crippen molar-refractivity contribution in [1.82, 2.24) is 0 Å². The Balaban J connectivity index is 2.15. The number of hydrogen-bond acceptors (Lipinski definition) is 3. The zero-order valence-corrected chi connectivity index (χ0v) is 11.5. The van der Waals surface area contributed by atoms with Crippen LogP contribution < -0.4 is 5.32 Å². The third-order valence-corrected chi connectivity index (χ3v) is 4.12. The largest absolute Gasteiger partial charge is 0.416 e. The quantitative estimate of drug-likeness (QED) is 0.894. The number of benzene rings is 1. The van der Waals surface area contributed by atoms with Crippen LogP contribution in [0.25, 0.3) is 0 Å². The molecule has 114 valence electrons. The van der Waals surface area contributed by atoms with Gasteiger partial charge in [0, 0.05) is 12.0 Å². The number of nitrogens with one attached hydrogen (secondary N) is 1. The summed E-state index contributed by atoms with van der Waals surface area (Å²) in [4.78, 5) is 0. The topological polar surface area (TPSA) is 56.0 Å². The first-order valence-corrected chi connectivity index (χ1v) is 6.86. The average Bonchev–Trinajstić information content (AvgIpc) is 2.93. The van der Waals surface area contributed by atoms with Gasteiger partial charge in [-0.15, -0.1) is 0 Å². The van der Waals surface area contributed by atoms with E-state index in [1.165, 1.54) is 6.07 Å². The number of aliphatic hydroxyl groups is 1. The fourth-order valence-electron chi connectivity index (χ4n) is 2.77. The van der Waals surface area contributed by atoms with Crippen molar-refractivity contribution in [3.8, 4) is 6.07 Å². The molecule has 0 amide bonds. The van der Waals surface area contributed by atoms with Gasteiger partial charge in [-0.25, -0.2) is 0 Å². The lowest BCUT2D eigenvalue weighted by atomic mass is 9.87. The zero-order valence-electron chi connectivity index (χ0n) is 11.5. The highest BCUT2D eigenvalue weighted by molar-refractivity contribution is 5.59. The molecule has 1 fully saturated rings. The fourth-order valence-corrected chi connectivity index (χ4v) is 2.77. The van der Waals surface area contributed by atoms with Gasteiger partial charge in [0.05, 0.1) is 23.4 Å². The maximum atomic E-state index is 12.6. The second-order valence-electron chi connectivity index (χ2n) is 5.59. The second-order valence-corrected chi connectivity index (χ2v) is 5.59. The van der Waals surface area contributed by atoms with Crippen molar-refractivity contribution in [1.29, 1.82) is 5.26 Å². The van der Waals surface area contributed by atoms with Gasteiger partial charge < -0.3 is 10.4 Å². The van der Waals surface area contributed by atoms with Crippen molar-refractivity contribution in [2.45, 2.75) is 31.9 Å². The van der Waals surface area contributed by atoms with Crippen molar-refractivity contribution in [2.75, 3.05) is 18.5 Å². The van der Waals surface area contributed by atoms with E-state index in [4.69, 9.17) is 5.26 Å². The highest BCUT2D eigenvalue weighted by atomic mass is 19.4. The number of nitriles is 1. The summed E-state index contributed by atoms with van der Waals surface area (Å²) < 4.78 is 37.9. The standard InChI is InChI=1S/C15H17F3N2O/c16-15(17,18)12-3-4-13(11(7-12)8-19)20-9-14(10-21)5-1-2-6-14/h3-4,7,20-21H,1-2,5-6,9-10H2. The first-order chi connectivity index (χ1) is 9.90. The lowest BCUT2D eigenvalue weighted by molar-refractivity contribution is -0.137. The lowest BCUT2D eigenvalue weighted by Gasteiger charge is -2.27. The van der Waals surface area contributed by atoms with Crippen molar-refractivity contribution < 1.29 is 18.3 Å². The maximum Gasteiger partial charge on any atom is 0.416 e. The first-order valence-electron chi connectivity index (χ1n) is 6.86. The highest BCUT2D eigenvalue weighted by Gasteiger charge is 2.34. The Kier molecular flexibility index (Phi) is 4.43. The molecule has 2 N–H and O–H groups in total. The number of halogens is 3. The van der Waals surface area contributed by atoms with Crippen molar-refractivity contribution in [3.63, 3.8) is 0 Å². The normalized spacial score (nSPS) is 17.5. The molecule has 0 bridgehead atoms. The van der Waals surface area contributed by atoms with Crippen LogP contribution in [-0.2, 0) is 6.18 Å². The van der Waals surface area contributed by atoms with Crippen LogP contribution in [0.1, 0.15) is 36.8 Å². The van der Waals surface area contributed by atoms with Crippen molar-refractivity contribution in [3.05, 3.63) is 29.3 Å². The SMILES string of the molecule is N#Cc1cc(C(F)(F)F)ccc1NCC1(CO)CCCC1. The summed E-state index contributed by atoms with van der Waals surface area (Å²) in [5.74, 6) is 0. The molecular formula is C15H17F3N2O. The molecular weight excluding hydrogens is 281 g/mol. The van der Waals surface area contributed by atoms with Crippen LogP contribution in [0.3, 0.4) is 0 Å². The summed E-state index contributed by atoms with van der Waals surface area (Å²) in [6.07, 6.45) is -0.597. The third-order valence-electron chi connectivity index (χ3n) is 4.12. The highest BCUT2D eigenvalue weighted by Crippen LogP contribution is 2.38. The van der Waals surface area contributed by atoms with E-state index in [0.29, 0.717) is 12.2 Å². The van der Waals surface area contributed by atoms with E-state index in [1.54, 1.807) is 6.07 Å². The molecule has 1 aromatic carbocycles. The number of rotatable bonds is 4. The van der Waals surface area contributed by atoms with E-state index in [-0.39, 0.29) is 17.6 Å². The molecule has 21 heavy (non-hydrogen) atoms. The molecule has 0 aromatic heterocycles. The molecule has 0 heterocycles. The van der Waals surface area contributed by atoms with Gasteiger partial charge in [-0.05, 0) is 31.0 Å². The summed E-state index contributed by atoms with van der Waals surface area (Å²) in [6, 6.07) is 4.88. The summed E-state index contributed by atoms with van der Waals surface area (Å²) in [5.41, 5.74) is -0.710. The Morgan fingerprint density at radius 3 is 2.48 bits per heavy atom. The minimum atomic E-state index is -4.46. The van der Waals surface area contributed by atoms with Gasteiger partial charge in [0.15, 0.2) is 0 Å². The molecule has 0 radical (unpaired) electrons. The summed E-state index contributed by atoms with van der Waals surface area (Å²) in [7, 11) is 0. The van der Waals surface area contributed by atoms with E-state index >= 15 is 0 Å². The Morgan fingerprint density at radius 1 is 1.29 bits per heavy atom. The van der Waals surface area contributed by atoms with Gasteiger partial charge in [-0.1, -0.05) is 12.8 Å². The van der Waals surface area contributed by atoms with E-state index in [0.717, 1.165) is 37.8 Å². The molecule has 0 saturated heterocycles. The summed E-state index contributed by atoms with van der Waals surface area (Å²) in [5, 5.41) is 21.6. The van der Waals surface area contributed by atoms with Gasteiger partial charge in [0.1, 0.15) is 6.07 Å². The van der Waals surface area contributed by atoms with Gasteiger partial charge in [0.25, 0.3) is 0 Å². The Hall–Kier alpha value is -1.74. The Morgan fingerprint density at radius 2 is 1.95 bits per heavy atom. The molecule has 1 aliphatic rings. The zero-order chi connectivity index (χ0) is 15.5. The molecule has 6 heteroatoms. The van der Waals surface area contributed by atoms with E-state index in [1.807, 2.05) is 0 Å². The monoisotopic (exact) mass is 298 g/mol. The number of anilines is 1. The molecule has 2 rings (SSSR count). The van der Waals surface area contributed by atoms with Crippen LogP contribution in [0.4, 0.5) is 18.9 Å². The average molecular weight is 298 g/mol. The summed E-state index contributed by atoms with van der Waals surface area (Å²) >= 11 is 0. The number of hydrogen-bond donors (Lipinski definition) is 2. The van der Waals surface area contributed by atoms with Gasteiger partial charge in [-0.3, -0.25) is 0 Å². The first kappa shape index (κ1) is 15.6. The van der Waals surface area contributed by atoms with Crippen LogP contribution in [0.5, 0.6) is 0 Å². The molecule has 0 unspecified atom stereocenters. The second kappa shape index (κ2) is 5.94. The lowest BCUT2D eigenvalue weighted by Crippen LogP contribution is -2.30.